The molecule has 0 fully saturated rings. The van der Waals surface area contributed by atoms with Crippen molar-refractivity contribution in [2.75, 3.05) is 11.9 Å². The second-order valence-electron chi connectivity index (χ2n) is 7.52. The summed E-state index contributed by atoms with van der Waals surface area (Å²) in [4.78, 5) is 26.7. The molecule has 0 aromatic heterocycles. The Morgan fingerprint density at radius 2 is 1.88 bits per heavy atom. The molecule has 1 heterocycles. The minimum atomic E-state index is -0.706. The van der Waals surface area contributed by atoms with Crippen LogP contribution in [0.3, 0.4) is 0 Å². The van der Waals surface area contributed by atoms with Gasteiger partial charge in [-0.05, 0) is 43.3 Å². The zero-order valence-corrected chi connectivity index (χ0v) is 17.6. The minimum absolute atomic E-state index is 0.125. The van der Waals surface area contributed by atoms with E-state index in [1.165, 1.54) is 6.07 Å². The first kappa shape index (κ1) is 21.4. The molecule has 0 radical (unpaired) electrons. The lowest BCUT2D eigenvalue weighted by Gasteiger charge is -2.22. The van der Waals surface area contributed by atoms with Crippen LogP contribution in [0.2, 0.25) is 0 Å². The highest BCUT2D eigenvalue weighted by molar-refractivity contribution is 5.92. The van der Waals surface area contributed by atoms with Gasteiger partial charge in [-0.25, -0.2) is 4.39 Å². The summed E-state index contributed by atoms with van der Waals surface area (Å²) in [6.07, 6.45) is -0.706. The fourth-order valence-corrected chi connectivity index (χ4v) is 3.51. The maximum Gasteiger partial charge on any atom is 0.263 e. The van der Waals surface area contributed by atoms with Gasteiger partial charge in [0, 0.05) is 29.9 Å². The van der Waals surface area contributed by atoms with Gasteiger partial charge in [0.25, 0.3) is 11.8 Å². The number of ether oxygens (including phenoxy) is 2. The largest absolute Gasteiger partial charge is 0.484 e. The van der Waals surface area contributed by atoms with Gasteiger partial charge in [0.2, 0.25) is 0 Å². The van der Waals surface area contributed by atoms with Gasteiger partial charge in [0.15, 0.2) is 12.7 Å². The van der Waals surface area contributed by atoms with E-state index in [1.807, 2.05) is 18.2 Å². The highest BCUT2D eigenvalue weighted by Gasteiger charge is 2.28. The molecular formula is C25H23FN2O4. The molecule has 3 aromatic rings. The topological polar surface area (TPSA) is 67.9 Å². The molecule has 6 nitrogen and oxygen atoms in total. The molecule has 3 aromatic carbocycles. The van der Waals surface area contributed by atoms with E-state index in [0.717, 1.165) is 5.56 Å². The van der Waals surface area contributed by atoms with Crippen LogP contribution in [-0.4, -0.2) is 29.4 Å². The molecule has 0 bridgehead atoms. The number of fused-ring (bicyclic) bond motifs is 1. The van der Waals surface area contributed by atoms with Crippen LogP contribution in [0.5, 0.6) is 11.5 Å². The molecule has 1 unspecified atom stereocenters. The summed E-state index contributed by atoms with van der Waals surface area (Å²) >= 11 is 0. The predicted octanol–water partition coefficient (Wildman–Crippen LogP) is 4.15. The van der Waals surface area contributed by atoms with Gasteiger partial charge in [-0.15, -0.1) is 0 Å². The molecule has 1 N–H and O–H groups in total. The lowest BCUT2D eigenvalue weighted by molar-refractivity contribution is -0.138. The third-order valence-electron chi connectivity index (χ3n) is 5.10. The average molecular weight is 434 g/mol. The Bertz CT molecular complexity index is 1120. The van der Waals surface area contributed by atoms with Crippen molar-refractivity contribution in [2.45, 2.75) is 26.1 Å². The van der Waals surface area contributed by atoms with Gasteiger partial charge in [-0.2, -0.15) is 0 Å². The number of carbonyl (C=O) groups excluding carboxylic acids is 2. The Morgan fingerprint density at radius 3 is 2.66 bits per heavy atom. The molecule has 7 heteroatoms. The highest BCUT2D eigenvalue weighted by atomic mass is 19.1. The summed E-state index contributed by atoms with van der Waals surface area (Å²) < 4.78 is 25.4. The number of benzene rings is 3. The van der Waals surface area contributed by atoms with E-state index < -0.39 is 6.10 Å². The molecule has 0 saturated carbocycles. The molecule has 164 valence electrons. The standard InChI is InChI=1S/C25H23FN2O4/c1-17-25(30)28(14-18-7-5-6-10-22(18)26)15-19-13-20(11-12-23(19)32-17)27-24(29)16-31-21-8-3-2-4-9-21/h2-13,17H,14-16H2,1H3,(H,27,29). The monoisotopic (exact) mass is 434 g/mol. The molecule has 1 aliphatic rings. The highest BCUT2D eigenvalue weighted by Crippen LogP contribution is 2.29. The first-order chi connectivity index (χ1) is 15.5. The van der Waals surface area contributed by atoms with Gasteiger partial charge < -0.3 is 19.7 Å². The summed E-state index contributed by atoms with van der Waals surface area (Å²) in [7, 11) is 0. The molecule has 0 saturated heterocycles. The van der Waals surface area contributed by atoms with Crippen molar-refractivity contribution in [3.63, 3.8) is 0 Å². The molecule has 2 amide bonds. The van der Waals surface area contributed by atoms with E-state index in [0.29, 0.717) is 22.7 Å². The van der Waals surface area contributed by atoms with Crippen LogP contribution in [0, 0.1) is 5.82 Å². The van der Waals surface area contributed by atoms with E-state index in [-0.39, 0.29) is 37.3 Å². The fourth-order valence-electron chi connectivity index (χ4n) is 3.51. The van der Waals surface area contributed by atoms with Crippen molar-refractivity contribution in [1.82, 2.24) is 4.90 Å². The van der Waals surface area contributed by atoms with E-state index >= 15 is 0 Å². The van der Waals surface area contributed by atoms with Crippen molar-refractivity contribution in [2.24, 2.45) is 0 Å². The first-order valence-electron chi connectivity index (χ1n) is 10.3. The van der Waals surface area contributed by atoms with Crippen LogP contribution in [0.1, 0.15) is 18.1 Å². The molecule has 0 aliphatic carbocycles. The van der Waals surface area contributed by atoms with Crippen LogP contribution in [-0.2, 0) is 22.7 Å². The predicted molar refractivity (Wildman–Crippen MR) is 118 cm³/mol. The Balaban J connectivity index is 1.47. The molecule has 32 heavy (non-hydrogen) atoms. The molecule has 4 rings (SSSR count). The maximum atomic E-state index is 14.1. The van der Waals surface area contributed by atoms with Crippen LogP contribution in [0.15, 0.2) is 72.8 Å². The molecular weight excluding hydrogens is 411 g/mol. The number of hydrogen-bond donors (Lipinski definition) is 1. The number of hydrogen-bond acceptors (Lipinski definition) is 4. The summed E-state index contributed by atoms with van der Waals surface area (Å²) in [5, 5.41) is 2.80. The summed E-state index contributed by atoms with van der Waals surface area (Å²) in [5.74, 6) is 0.259. The third kappa shape index (κ3) is 5.06. The zero-order chi connectivity index (χ0) is 22.5. The Labute approximate surface area is 185 Å². The maximum absolute atomic E-state index is 14.1. The number of anilines is 1. The van der Waals surface area contributed by atoms with Gasteiger partial charge >= 0.3 is 0 Å². The normalized spacial score (nSPS) is 15.4. The third-order valence-corrected chi connectivity index (χ3v) is 5.10. The van der Waals surface area contributed by atoms with Crippen molar-refractivity contribution >= 4 is 17.5 Å². The summed E-state index contributed by atoms with van der Waals surface area (Å²) in [5.41, 5.74) is 1.71. The van der Waals surface area contributed by atoms with E-state index in [9.17, 15) is 14.0 Å². The van der Waals surface area contributed by atoms with Crippen LogP contribution in [0.4, 0.5) is 10.1 Å². The number of amides is 2. The van der Waals surface area contributed by atoms with Crippen LogP contribution >= 0.6 is 0 Å². The Hall–Kier alpha value is -3.87. The van der Waals surface area contributed by atoms with E-state index in [1.54, 1.807) is 60.4 Å². The van der Waals surface area contributed by atoms with Crippen molar-refractivity contribution in [3.8, 4) is 11.5 Å². The van der Waals surface area contributed by atoms with E-state index in [4.69, 9.17) is 9.47 Å². The average Bonchev–Trinajstić information content (AvgIpc) is 2.91. The number of halogens is 1. The van der Waals surface area contributed by atoms with Crippen molar-refractivity contribution in [1.29, 1.82) is 0 Å². The second-order valence-corrected chi connectivity index (χ2v) is 7.52. The SMILES string of the molecule is CC1Oc2ccc(NC(=O)COc3ccccc3)cc2CN(Cc2ccccc2F)C1=O. The zero-order valence-electron chi connectivity index (χ0n) is 17.6. The summed E-state index contributed by atoms with van der Waals surface area (Å²) in [6, 6.07) is 20.6. The number of carbonyl (C=O) groups is 2. The van der Waals surface area contributed by atoms with Crippen molar-refractivity contribution < 1.29 is 23.5 Å². The Kier molecular flexibility index (Phi) is 6.35. The van der Waals surface area contributed by atoms with Crippen LogP contribution in [0.25, 0.3) is 0 Å². The minimum Gasteiger partial charge on any atom is -0.484 e. The lowest BCUT2D eigenvalue weighted by Crippen LogP contribution is -2.37. The smallest absolute Gasteiger partial charge is 0.263 e. The van der Waals surface area contributed by atoms with Crippen LogP contribution < -0.4 is 14.8 Å². The molecule has 1 atom stereocenters. The Morgan fingerprint density at radius 1 is 1.12 bits per heavy atom. The van der Waals surface area contributed by atoms with Gasteiger partial charge in [0.1, 0.15) is 17.3 Å². The van der Waals surface area contributed by atoms with Gasteiger partial charge in [-0.1, -0.05) is 36.4 Å². The number of nitrogens with zero attached hydrogens (tertiary/aromatic N) is 1. The molecule has 0 spiro atoms. The van der Waals surface area contributed by atoms with Crippen molar-refractivity contribution in [3.05, 3.63) is 89.7 Å². The second kappa shape index (κ2) is 9.51. The molecule has 1 aliphatic heterocycles. The summed E-state index contributed by atoms with van der Waals surface area (Å²) in [6.45, 7) is 1.89. The number of para-hydroxylation sites is 1. The van der Waals surface area contributed by atoms with Gasteiger partial charge in [0.05, 0.1) is 0 Å². The number of rotatable bonds is 6. The van der Waals surface area contributed by atoms with Gasteiger partial charge in [-0.3, -0.25) is 9.59 Å². The lowest BCUT2D eigenvalue weighted by atomic mass is 10.1. The van der Waals surface area contributed by atoms with E-state index in [2.05, 4.69) is 5.32 Å². The fraction of sp³-hybridized carbons (Fsp3) is 0.200. The number of nitrogens with one attached hydrogen (secondary N) is 1. The quantitative estimate of drug-likeness (QED) is 0.633. The first-order valence-corrected chi connectivity index (χ1v) is 10.3.